The fraction of sp³-hybridized carbons (Fsp3) is 0.818. The average molecular weight is 217 g/mol. The van der Waals surface area contributed by atoms with Crippen molar-refractivity contribution in [1.29, 1.82) is 0 Å². The molecule has 0 atom stereocenters. The van der Waals surface area contributed by atoms with Gasteiger partial charge in [-0.15, -0.1) is 0 Å². The van der Waals surface area contributed by atoms with Crippen LogP contribution in [0.4, 0.5) is 0 Å². The lowest BCUT2D eigenvalue weighted by atomic mass is 10.0. The highest BCUT2D eigenvalue weighted by Crippen LogP contribution is 2.02. The van der Waals surface area contributed by atoms with Crippen LogP contribution in [0, 0.1) is 5.92 Å². The van der Waals surface area contributed by atoms with E-state index in [9.17, 15) is 0 Å². The van der Waals surface area contributed by atoms with Crippen molar-refractivity contribution in [3.05, 3.63) is 12.2 Å². The molecule has 0 saturated heterocycles. The van der Waals surface area contributed by atoms with Crippen LogP contribution in [0.5, 0.6) is 0 Å². The summed E-state index contributed by atoms with van der Waals surface area (Å²) in [6, 6.07) is 0. The quantitative estimate of drug-likeness (QED) is 0.428. The Morgan fingerprint density at radius 2 is 1.60 bits per heavy atom. The molecule has 4 N–H and O–H groups in total. The molecule has 0 amide bonds. The number of aliphatic hydroxyl groups is 3. The summed E-state index contributed by atoms with van der Waals surface area (Å²) in [4.78, 5) is 0. The van der Waals surface area contributed by atoms with Crippen molar-refractivity contribution < 1.29 is 15.3 Å². The van der Waals surface area contributed by atoms with Gasteiger partial charge in [-0.2, -0.15) is 0 Å². The predicted octanol–water partition coefficient (Wildman–Crippen LogP) is -0.106. The lowest BCUT2D eigenvalue weighted by Gasteiger charge is -2.28. The van der Waals surface area contributed by atoms with Gasteiger partial charge in [-0.05, 0) is 12.3 Å². The standard InChI is InChI=1S/C11H23NO3/c1-10(2)5-3-4-6-12-11(7-13,8-14)9-15/h3-4,10,12-15H,5-9H2,1-2H3. The zero-order valence-electron chi connectivity index (χ0n) is 9.61. The monoisotopic (exact) mass is 217 g/mol. The van der Waals surface area contributed by atoms with Crippen molar-refractivity contribution in [3.63, 3.8) is 0 Å². The number of rotatable bonds is 8. The lowest BCUT2D eigenvalue weighted by Crippen LogP contribution is -2.54. The van der Waals surface area contributed by atoms with Crippen LogP contribution in [-0.2, 0) is 0 Å². The summed E-state index contributed by atoms with van der Waals surface area (Å²) in [6.45, 7) is 3.97. The third-order valence-electron chi connectivity index (χ3n) is 2.28. The summed E-state index contributed by atoms with van der Waals surface area (Å²) in [5.74, 6) is 0.625. The molecule has 0 bridgehead atoms. The van der Waals surface area contributed by atoms with Gasteiger partial charge in [-0.1, -0.05) is 26.0 Å². The number of hydrogen-bond acceptors (Lipinski definition) is 4. The third kappa shape index (κ3) is 5.89. The average Bonchev–Trinajstić information content (AvgIpc) is 2.24. The highest BCUT2D eigenvalue weighted by Gasteiger charge is 2.26. The summed E-state index contributed by atoms with van der Waals surface area (Å²) in [5.41, 5.74) is -0.970. The Balaban J connectivity index is 3.85. The third-order valence-corrected chi connectivity index (χ3v) is 2.28. The Bertz CT molecular complexity index is 168. The van der Waals surface area contributed by atoms with Crippen LogP contribution in [-0.4, -0.2) is 47.2 Å². The molecule has 0 fully saturated rings. The van der Waals surface area contributed by atoms with Gasteiger partial charge in [-0.3, -0.25) is 0 Å². The van der Waals surface area contributed by atoms with Gasteiger partial charge in [0, 0.05) is 6.54 Å². The van der Waals surface area contributed by atoms with E-state index in [-0.39, 0.29) is 19.8 Å². The number of allylic oxidation sites excluding steroid dienone is 1. The Hall–Kier alpha value is -0.420. The summed E-state index contributed by atoms with van der Waals surface area (Å²) in [5, 5.41) is 30.0. The van der Waals surface area contributed by atoms with E-state index in [0.717, 1.165) is 6.42 Å². The second-order valence-electron chi connectivity index (χ2n) is 4.24. The van der Waals surface area contributed by atoms with E-state index in [2.05, 4.69) is 25.2 Å². The van der Waals surface area contributed by atoms with Gasteiger partial charge in [0.05, 0.1) is 25.4 Å². The van der Waals surface area contributed by atoms with Gasteiger partial charge in [0.15, 0.2) is 0 Å². The normalized spacial score (nSPS) is 12.9. The fourth-order valence-corrected chi connectivity index (χ4v) is 1.04. The van der Waals surface area contributed by atoms with Crippen LogP contribution in [0.3, 0.4) is 0 Å². The largest absolute Gasteiger partial charge is 0.394 e. The van der Waals surface area contributed by atoms with Crippen LogP contribution in [0.1, 0.15) is 20.3 Å². The molecular formula is C11H23NO3. The highest BCUT2D eigenvalue weighted by atomic mass is 16.3. The molecule has 0 aliphatic heterocycles. The fourth-order valence-electron chi connectivity index (χ4n) is 1.04. The maximum absolute atomic E-state index is 9.01. The Morgan fingerprint density at radius 1 is 1.07 bits per heavy atom. The van der Waals surface area contributed by atoms with Crippen molar-refractivity contribution in [3.8, 4) is 0 Å². The first-order chi connectivity index (χ1) is 7.10. The molecule has 0 rings (SSSR count). The SMILES string of the molecule is CC(C)CC=CCNC(CO)(CO)CO. The van der Waals surface area contributed by atoms with Crippen molar-refractivity contribution in [2.24, 2.45) is 5.92 Å². The van der Waals surface area contributed by atoms with Crippen LogP contribution in [0.15, 0.2) is 12.2 Å². The molecule has 90 valence electrons. The second kappa shape index (κ2) is 7.82. The van der Waals surface area contributed by atoms with Gasteiger partial charge < -0.3 is 20.6 Å². The summed E-state index contributed by atoms with van der Waals surface area (Å²) < 4.78 is 0. The zero-order valence-corrected chi connectivity index (χ0v) is 9.61. The van der Waals surface area contributed by atoms with E-state index < -0.39 is 5.54 Å². The Morgan fingerprint density at radius 3 is 2.00 bits per heavy atom. The summed E-state index contributed by atoms with van der Waals surface area (Å²) in [6.07, 6.45) is 5.00. The van der Waals surface area contributed by atoms with E-state index in [1.165, 1.54) is 0 Å². The van der Waals surface area contributed by atoms with Crippen molar-refractivity contribution in [2.75, 3.05) is 26.4 Å². The van der Waals surface area contributed by atoms with Gasteiger partial charge >= 0.3 is 0 Å². The number of aliphatic hydroxyl groups excluding tert-OH is 3. The molecule has 15 heavy (non-hydrogen) atoms. The minimum Gasteiger partial charge on any atom is -0.394 e. The maximum Gasteiger partial charge on any atom is 0.0884 e. The second-order valence-corrected chi connectivity index (χ2v) is 4.24. The molecule has 0 radical (unpaired) electrons. The topological polar surface area (TPSA) is 72.7 Å². The van der Waals surface area contributed by atoms with Crippen LogP contribution in [0.25, 0.3) is 0 Å². The molecule has 4 nitrogen and oxygen atoms in total. The molecular weight excluding hydrogens is 194 g/mol. The minimum atomic E-state index is -0.970. The van der Waals surface area contributed by atoms with Crippen LogP contribution >= 0.6 is 0 Å². The lowest BCUT2D eigenvalue weighted by molar-refractivity contribution is 0.0451. The van der Waals surface area contributed by atoms with Crippen molar-refractivity contribution >= 4 is 0 Å². The van der Waals surface area contributed by atoms with Crippen molar-refractivity contribution in [1.82, 2.24) is 5.32 Å². The van der Waals surface area contributed by atoms with E-state index in [1.807, 2.05) is 6.08 Å². The summed E-state index contributed by atoms with van der Waals surface area (Å²) >= 11 is 0. The smallest absolute Gasteiger partial charge is 0.0884 e. The number of hydrogen-bond donors (Lipinski definition) is 4. The predicted molar refractivity (Wildman–Crippen MR) is 60.6 cm³/mol. The Labute approximate surface area is 91.6 Å². The van der Waals surface area contributed by atoms with Crippen molar-refractivity contribution in [2.45, 2.75) is 25.8 Å². The maximum atomic E-state index is 9.01. The van der Waals surface area contributed by atoms with Gasteiger partial charge in [0.2, 0.25) is 0 Å². The molecule has 4 heteroatoms. The van der Waals surface area contributed by atoms with E-state index in [4.69, 9.17) is 15.3 Å². The zero-order chi connectivity index (χ0) is 11.7. The minimum absolute atomic E-state index is 0.280. The van der Waals surface area contributed by atoms with Gasteiger partial charge in [0.1, 0.15) is 0 Å². The van der Waals surface area contributed by atoms with Crippen LogP contribution < -0.4 is 5.32 Å². The molecule has 0 aromatic heterocycles. The van der Waals surface area contributed by atoms with E-state index in [0.29, 0.717) is 12.5 Å². The van der Waals surface area contributed by atoms with E-state index >= 15 is 0 Å². The van der Waals surface area contributed by atoms with E-state index in [1.54, 1.807) is 0 Å². The molecule has 0 aromatic carbocycles. The molecule has 0 aliphatic rings. The first-order valence-corrected chi connectivity index (χ1v) is 5.33. The molecule has 0 aromatic rings. The first kappa shape index (κ1) is 14.6. The first-order valence-electron chi connectivity index (χ1n) is 5.33. The van der Waals surface area contributed by atoms with Gasteiger partial charge in [-0.25, -0.2) is 0 Å². The molecule has 0 spiro atoms. The molecule has 0 aliphatic carbocycles. The molecule has 0 unspecified atom stereocenters. The molecule has 0 heterocycles. The number of nitrogens with one attached hydrogen (secondary N) is 1. The van der Waals surface area contributed by atoms with Crippen LogP contribution in [0.2, 0.25) is 0 Å². The molecule has 0 saturated carbocycles. The van der Waals surface area contributed by atoms with Gasteiger partial charge in [0.25, 0.3) is 0 Å². The highest BCUT2D eigenvalue weighted by molar-refractivity contribution is 4.92. The summed E-state index contributed by atoms with van der Waals surface area (Å²) in [7, 11) is 0. The Kier molecular flexibility index (Phi) is 7.60.